The molecule has 2 saturated carbocycles. The van der Waals surface area contributed by atoms with Crippen molar-refractivity contribution in [3.05, 3.63) is 77.9 Å². The van der Waals surface area contributed by atoms with Gasteiger partial charge in [0.25, 0.3) is 0 Å². The zero-order chi connectivity index (χ0) is 32.8. The second-order valence-electron chi connectivity index (χ2n) is 15.5. The Hall–Kier alpha value is -2.39. The summed E-state index contributed by atoms with van der Waals surface area (Å²) in [7, 11) is 0. The van der Waals surface area contributed by atoms with Gasteiger partial charge in [-0.15, -0.1) is 0 Å². The average molecular weight is 615 g/mol. The summed E-state index contributed by atoms with van der Waals surface area (Å²) in [6.07, 6.45) is 12.1. The van der Waals surface area contributed by atoms with Crippen molar-refractivity contribution in [2.75, 3.05) is 0 Å². The molecule has 3 unspecified atom stereocenters. The van der Waals surface area contributed by atoms with Crippen LogP contribution in [0.1, 0.15) is 124 Å². The van der Waals surface area contributed by atoms with Crippen LogP contribution in [0.4, 0.5) is 0 Å². The SMILES string of the molecule is CC[C@H](C1C[C@H](OC(C)=O)CC[C@]1(C)C(C)CC[C@@]1(C)C(C)CC[C@@H]1[C@H](C)CC=C(c1ccccc1)c1ccccc1)[C@H](C)O. The molecule has 0 aliphatic heterocycles. The topological polar surface area (TPSA) is 46.5 Å². The smallest absolute Gasteiger partial charge is 0.302 e. The molecule has 248 valence electrons. The first-order valence-corrected chi connectivity index (χ1v) is 18.1. The molecule has 3 nitrogen and oxygen atoms in total. The minimum atomic E-state index is -0.357. The van der Waals surface area contributed by atoms with Crippen molar-refractivity contribution < 1.29 is 14.6 Å². The van der Waals surface area contributed by atoms with E-state index >= 15 is 0 Å². The Bertz CT molecular complexity index is 1190. The highest BCUT2D eigenvalue weighted by Crippen LogP contribution is 2.57. The number of esters is 1. The van der Waals surface area contributed by atoms with Gasteiger partial charge in [0, 0.05) is 6.92 Å². The van der Waals surface area contributed by atoms with Crippen LogP contribution < -0.4 is 0 Å². The van der Waals surface area contributed by atoms with Gasteiger partial charge in [0.2, 0.25) is 0 Å². The largest absolute Gasteiger partial charge is 0.463 e. The van der Waals surface area contributed by atoms with Gasteiger partial charge in [-0.25, -0.2) is 0 Å². The van der Waals surface area contributed by atoms with Crippen molar-refractivity contribution in [3.63, 3.8) is 0 Å². The molecule has 0 aromatic heterocycles. The standard InChI is InChI=1S/C42H62O3/c1-9-37(32(5)43)40-28-36(45-33(6)44)25-27-42(40,8)31(4)24-26-41(7)30(3)21-23-39(41)29(2)20-22-38(34-16-12-10-13-17-34)35-18-14-11-15-19-35/h10-19,22,29-32,36-37,39-40,43H,9,20-21,23-28H2,1-8H3/t29-,30?,31?,32+,36-,37+,39-,40?,41+,42-/m1/s1. The molecule has 0 amide bonds. The van der Waals surface area contributed by atoms with Gasteiger partial charge in [-0.1, -0.05) is 115 Å². The average Bonchev–Trinajstić information content (AvgIpc) is 3.32. The van der Waals surface area contributed by atoms with Crippen LogP contribution in [0.2, 0.25) is 0 Å². The molecule has 0 bridgehead atoms. The monoisotopic (exact) mass is 614 g/mol. The Labute approximate surface area is 275 Å². The van der Waals surface area contributed by atoms with E-state index in [1.54, 1.807) is 0 Å². The highest BCUT2D eigenvalue weighted by molar-refractivity contribution is 5.79. The van der Waals surface area contributed by atoms with E-state index in [1.807, 2.05) is 6.92 Å². The molecule has 0 spiro atoms. The third-order valence-corrected chi connectivity index (χ3v) is 13.0. The number of benzene rings is 2. The van der Waals surface area contributed by atoms with Gasteiger partial charge in [0.05, 0.1) is 6.10 Å². The summed E-state index contributed by atoms with van der Waals surface area (Å²) < 4.78 is 5.75. The maximum atomic E-state index is 11.8. The van der Waals surface area contributed by atoms with Crippen LogP contribution in [-0.4, -0.2) is 23.3 Å². The minimum absolute atomic E-state index is 0.0251. The fraction of sp³-hybridized carbons (Fsp3) is 0.643. The Kier molecular flexibility index (Phi) is 12.2. The number of ether oxygens (including phenoxy) is 1. The quantitative estimate of drug-likeness (QED) is 0.228. The summed E-state index contributed by atoms with van der Waals surface area (Å²) in [5, 5.41) is 10.8. The maximum Gasteiger partial charge on any atom is 0.302 e. The van der Waals surface area contributed by atoms with Crippen molar-refractivity contribution >= 4 is 11.5 Å². The zero-order valence-corrected chi connectivity index (χ0v) is 29.6. The molecule has 45 heavy (non-hydrogen) atoms. The molecular weight excluding hydrogens is 552 g/mol. The molecular formula is C42H62O3. The summed E-state index contributed by atoms with van der Waals surface area (Å²) >= 11 is 0. The van der Waals surface area contributed by atoms with Crippen LogP contribution in [0.25, 0.3) is 5.57 Å². The predicted molar refractivity (Wildman–Crippen MR) is 189 cm³/mol. The van der Waals surface area contributed by atoms with Gasteiger partial charge in [0.15, 0.2) is 0 Å². The number of carbonyl (C=O) groups excluding carboxylic acids is 1. The molecule has 2 aromatic carbocycles. The molecule has 10 atom stereocenters. The van der Waals surface area contributed by atoms with Crippen molar-refractivity contribution in [1.29, 1.82) is 0 Å². The molecule has 0 saturated heterocycles. The first kappa shape index (κ1) is 35.5. The molecule has 2 aliphatic carbocycles. The van der Waals surface area contributed by atoms with Gasteiger partial charge >= 0.3 is 5.97 Å². The zero-order valence-electron chi connectivity index (χ0n) is 29.6. The van der Waals surface area contributed by atoms with E-state index in [9.17, 15) is 9.90 Å². The van der Waals surface area contributed by atoms with Crippen LogP contribution >= 0.6 is 0 Å². The molecule has 0 heterocycles. The lowest BCUT2D eigenvalue weighted by atomic mass is 9.54. The van der Waals surface area contributed by atoms with Crippen LogP contribution in [0.3, 0.4) is 0 Å². The lowest BCUT2D eigenvalue weighted by molar-refractivity contribution is -0.154. The number of rotatable bonds is 13. The minimum Gasteiger partial charge on any atom is -0.463 e. The third kappa shape index (κ3) is 8.13. The lowest BCUT2D eigenvalue weighted by Gasteiger charge is -2.52. The Morgan fingerprint density at radius 3 is 2.09 bits per heavy atom. The molecule has 1 N–H and O–H groups in total. The van der Waals surface area contributed by atoms with E-state index in [4.69, 9.17) is 4.74 Å². The maximum absolute atomic E-state index is 11.8. The highest BCUT2D eigenvalue weighted by Gasteiger charge is 2.50. The Morgan fingerprint density at radius 2 is 1.56 bits per heavy atom. The first-order chi connectivity index (χ1) is 21.4. The Balaban J connectivity index is 1.51. The fourth-order valence-corrected chi connectivity index (χ4v) is 9.69. The molecule has 4 rings (SSSR count). The van der Waals surface area contributed by atoms with Gasteiger partial charge in [-0.05, 0) is 121 Å². The number of aliphatic hydroxyl groups excluding tert-OH is 1. The van der Waals surface area contributed by atoms with Gasteiger partial charge < -0.3 is 9.84 Å². The van der Waals surface area contributed by atoms with E-state index in [0.29, 0.717) is 35.0 Å². The van der Waals surface area contributed by atoms with Crippen molar-refractivity contribution in [1.82, 2.24) is 0 Å². The normalized spacial score (nSPS) is 31.0. The fourth-order valence-electron chi connectivity index (χ4n) is 9.69. The van der Waals surface area contributed by atoms with E-state index in [1.165, 1.54) is 49.3 Å². The molecule has 2 fully saturated rings. The summed E-state index contributed by atoms with van der Waals surface area (Å²) in [6, 6.07) is 21.7. The van der Waals surface area contributed by atoms with Gasteiger partial charge in [0.1, 0.15) is 6.10 Å². The summed E-state index contributed by atoms with van der Waals surface area (Å²) in [6.45, 7) is 18.2. The van der Waals surface area contributed by atoms with E-state index in [2.05, 4.69) is 108 Å². The number of carbonyl (C=O) groups is 1. The van der Waals surface area contributed by atoms with Crippen molar-refractivity contribution in [3.8, 4) is 0 Å². The summed E-state index contributed by atoms with van der Waals surface area (Å²) in [4.78, 5) is 11.8. The highest BCUT2D eigenvalue weighted by atomic mass is 16.5. The van der Waals surface area contributed by atoms with Crippen LogP contribution in [-0.2, 0) is 9.53 Å². The number of hydrogen-bond donors (Lipinski definition) is 1. The second-order valence-corrected chi connectivity index (χ2v) is 15.5. The van der Waals surface area contributed by atoms with Crippen LogP contribution in [0.15, 0.2) is 66.7 Å². The molecule has 3 heteroatoms. The molecule has 0 radical (unpaired) electrons. The van der Waals surface area contributed by atoms with Crippen LogP contribution in [0, 0.1) is 46.3 Å². The lowest BCUT2D eigenvalue weighted by Crippen LogP contribution is -2.47. The Morgan fingerprint density at radius 1 is 0.956 bits per heavy atom. The first-order valence-electron chi connectivity index (χ1n) is 18.1. The summed E-state index contributed by atoms with van der Waals surface area (Å²) in [5.41, 5.74) is 4.37. The number of hydrogen-bond acceptors (Lipinski definition) is 3. The number of aliphatic hydroxyl groups is 1. The predicted octanol–water partition coefficient (Wildman–Crippen LogP) is 10.8. The third-order valence-electron chi connectivity index (χ3n) is 13.0. The molecule has 2 aromatic rings. The van der Waals surface area contributed by atoms with Crippen molar-refractivity contribution in [2.45, 2.75) is 125 Å². The summed E-state index contributed by atoms with van der Waals surface area (Å²) in [5.74, 6) is 2.95. The van der Waals surface area contributed by atoms with E-state index < -0.39 is 0 Å². The van der Waals surface area contributed by atoms with Gasteiger partial charge in [-0.3, -0.25) is 4.79 Å². The molecule has 2 aliphatic rings. The number of allylic oxidation sites excluding steroid dienone is 1. The van der Waals surface area contributed by atoms with E-state index in [-0.39, 0.29) is 29.5 Å². The van der Waals surface area contributed by atoms with Crippen LogP contribution in [0.5, 0.6) is 0 Å². The van der Waals surface area contributed by atoms with Gasteiger partial charge in [-0.2, -0.15) is 0 Å². The van der Waals surface area contributed by atoms with E-state index in [0.717, 1.165) is 32.1 Å². The van der Waals surface area contributed by atoms with Crippen molar-refractivity contribution in [2.24, 2.45) is 46.3 Å². The second kappa shape index (κ2) is 15.5.